The predicted molar refractivity (Wildman–Crippen MR) is 137 cm³/mol. The Bertz CT molecular complexity index is 1680. The zero-order chi connectivity index (χ0) is 25.3. The SMILES string of the molecule is Cc1cc(-n2nc3c(c2-n2ccn(-c4ccc5c(cnn5C)c4)c2=O)[C@H](C)N[C@H](C)C3)cc(C)c1F. The van der Waals surface area contributed by atoms with Crippen molar-refractivity contribution in [2.45, 2.75) is 46.2 Å². The summed E-state index contributed by atoms with van der Waals surface area (Å²) in [6.07, 6.45) is 6.08. The molecule has 184 valence electrons. The van der Waals surface area contributed by atoms with Crippen LogP contribution in [0.1, 0.15) is 42.3 Å². The lowest BCUT2D eigenvalue weighted by molar-refractivity contribution is 0.442. The van der Waals surface area contributed by atoms with E-state index < -0.39 is 0 Å². The molecule has 1 aliphatic heterocycles. The molecule has 0 aliphatic carbocycles. The van der Waals surface area contributed by atoms with Crippen LogP contribution < -0.4 is 11.0 Å². The maximum atomic E-state index is 14.5. The van der Waals surface area contributed by atoms with Gasteiger partial charge >= 0.3 is 5.69 Å². The molecule has 5 aromatic rings. The summed E-state index contributed by atoms with van der Waals surface area (Å²) >= 11 is 0. The molecule has 6 rings (SSSR count). The minimum Gasteiger partial charge on any atom is -0.307 e. The topological polar surface area (TPSA) is 74.6 Å². The Morgan fingerprint density at radius 3 is 2.50 bits per heavy atom. The zero-order valence-corrected chi connectivity index (χ0v) is 21.0. The number of aromatic nitrogens is 6. The summed E-state index contributed by atoms with van der Waals surface area (Å²) in [5, 5.41) is 13.8. The summed E-state index contributed by atoms with van der Waals surface area (Å²) in [7, 11) is 1.89. The third-order valence-electron chi connectivity index (χ3n) is 7.12. The highest BCUT2D eigenvalue weighted by Crippen LogP contribution is 2.33. The smallest absolute Gasteiger partial charge is 0.307 e. The number of hydrogen-bond acceptors (Lipinski definition) is 4. The van der Waals surface area contributed by atoms with Crippen molar-refractivity contribution in [3.8, 4) is 17.2 Å². The van der Waals surface area contributed by atoms with Crippen molar-refractivity contribution in [1.29, 1.82) is 0 Å². The lowest BCUT2D eigenvalue weighted by Gasteiger charge is -2.26. The molecule has 3 aromatic heterocycles. The predicted octanol–water partition coefficient (Wildman–Crippen LogP) is 4.05. The molecule has 1 N–H and O–H groups in total. The summed E-state index contributed by atoms with van der Waals surface area (Å²) in [6.45, 7) is 7.71. The average Bonchev–Trinajstić information content (AvgIpc) is 3.51. The molecule has 0 unspecified atom stereocenters. The molecule has 0 bridgehead atoms. The normalized spacial score (nSPS) is 17.6. The Balaban J connectivity index is 1.57. The molecular weight excluding hydrogens is 457 g/mol. The van der Waals surface area contributed by atoms with Gasteiger partial charge in [-0.3, -0.25) is 13.8 Å². The van der Waals surface area contributed by atoms with Gasteiger partial charge in [0.25, 0.3) is 0 Å². The van der Waals surface area contributed by atoms with Gasteiger partial charge in [-0.05, 0) is 69.2 Å². The first-order valence-electron chi connectivity index (χ1n) is 12.1. The number of imidazole rings is 1. The molecule has 9 heteroatoms. The van der Waals surface area contributed by atoms with Crippen LogP contribution in [0.15, 0.2) is 53.7 Å². The van der Waals surface area contributed by atoms with Gasteiger partial charge < -0.3 is 5.32 Å². The van der Waals surface area contributed by atoms with Crippen LogP contribution in [-0.4, -0.2) is 34.7 Å². The van der Waals surface area contributed by atoms with Gasteiger partial charge in [-0.2, -0.15) is 10.2 Å². The van der Waals surface area contributed by atoms with E-state index in [0.29, 0.717) is 16.9 Å². The van der Waals surface area contributed by atoms with Crippen LogP contribution in [-0.2, 0) is 13.5 Å². The van der Waals surface area contributed by atoms with E-state index in [9.17, 15) is 9.18 Å². The van der Waals surface area contributed by atoms with Crippen molar-refractivity contribution in [3.63, 3.8) is 0 Å². The quantitative estimate of drug-likeness (QED) is 0.418. The van der Waals surface area contributed by atoms with Crippen LogP contribution in [0.4, 0.5) is 4.39 Å². The van der Waals surface area contributed by atoms with E-state index in [1.165, 1.54) is 0 Å². The van der Waals surface area contributed by atoms with Crippen LogP contribution in [0.5, 0.6) is 0 Å². The van der Waals surface area contributed by atoms with Crippen LogP contribution in [0.25, 0.3) is 28.1 Å². The van der Waals surface area contributed by atoms with Gasteiger partial charge in [0.15, 0.2) is 0 Å². The van der Waals surface area contributed by atoms with Gasteiger partial charge in [-0.25, -0.2) is 13.9 Å². The molecule has 2 atom stereocenters. The minimum absolute atomic E-state index is 0.00265. The summed E-state index contributed by atoms with van der Waals surface area (Å²) in [6, 6.07) is 9.66. The number of nitrogens with one attached hydrogen (secondary N) is 1. The molecule has 0 radical (unpaired) electrons. The van der Waals surface area contributed by atoms with Crippen LogP contribution in [0, 0.1) is 19.7 Å². The van der Waals surface area contributed by atoms with E-state index >= 15 is 0 Å². The standard InChI is InChI=1S/C27H28FN7O/c1-15-10-21(11-16(2)25(15)28)35-26(24-18(4)30-17(3)12-22(24)31-35)34-9-8-33(27(34)36)20-6-7-23-19(13-20)14-29-32(23)5/h6-11,13-14,17-18,30H,12H2,1-5H3/t17-,18+/m1/s1. The van der Waals surface area contributed by atoms with E-state index in [1.54, 1.807) is 63.1 Å². The maximum absolute atomic E-state index is 14.5. The van der Waals surface area contributed by atoms with Crippen LogP contribution in [0.3, 0.4) is 0 Å². The second-order valence-electron chi connectivity index (χ2n) is 9.81. The van der Waals surface area contributed by atoms with Gasteiger partial charge in [0.1, 0.15) is 11.6 Å². The summed E-state index contributed by atoms with van der Waals surface area (Å²) < 4.78 is 21.3. The Hall–Kier alpha value is -3.98. The van der Waals surface area contributed by atoms with E-state index in [0.717, 1.165) is 40.0 Å². The molecule has 0 amide bonds. The van der Waals surface area contributed by atoms with Crippen molar-refractivity contribution in [1.82, 2.24) is 34.0 Å². The molecule has 8 nitrogen and oxygen atoms in total. The summed E-state index contributed by atoms with van der Waals surface area (Å²) in [5.74, 6) is 0.448. The lowest BCUT2D eigenvalue weighted by atomic mass is 9.97. The second-order valence-corrected chi connectivity index (χ2v) is 9.81. The third-order valence-corrected chi connectivity index (χ3v) is 7.12. The summed E-state index contributed by atoms with van der Waals surface area (Å²) in [4.78, 5) is 13.8. The fourth-order valence-corrected chi connectivity index (χ4v) is 5.41. The second kappa shape index (κ2) is 8.03. The van der Waals surface area contributed by atoms with Gasteiger partial charge in [-0.1, -0.05) is 0 Å². The van der Waals surface area contributed by atoms with Gasteiger partial charge in [0, 0.05) is 48.9 Å². The maximum Gasteiger partial charge on any atom is 0.338 e. The number of benzene rings is 2. The van der Waals surface area contributed by atoms with E-state index in [-0.39, 0.29) is 23.6 Å². The van der Waals surface area contributed by atoms with Gasteiger partial charge in [0.2, 0.25) is 0 Å². The molecule has 0 fully saturated rings. The molecule has 4 heterocycles. The van der Waals surface area contributed by atoms with Crippen LogP contribution in [0.2, 0.25) is 0 Å². The third kappa shape index (κ3) is 3.34. The number of halogens is 1. The first kappa shape index (κ1) is 22.5. The number of hydrogen-bond donors (Lipinski definition) is 1. The first-order valence-corrected chi connectivity index (χ1v) is 12.1. The van der Waals surface area contributed by atoms with Crippen molar-refractivity contribution in [3.05, 3.63) is 87.6 Å². The Morgan fingerprint density at radius 2 is 1.75 bits per heavy atom. The fourth-order valence-electron chi connectivity index (χ4n) is 5.41. The monoisotopic (exact) mass is 485 g/mol. The molecule has 1 aliphatic rings. The molecule has 0 spiro atoms. The number of nitrogens with zero attached hydrogens (tertiary/aromatic N) is 6. The summed E-state index contributed by atoms with van der Waals surface area (Å²) in [5.41, 5.74) is 5.28. The average molecular weight is 486 g/mol. The van der Waals surface area contributed by atoms with E-state index in [2.05, 4.69) is 24.3 Å². The highest BCUT2D eigenvalue weighted by atomic mass is 19.1. The van der Waals surface area contributed by atoms with E-state index in [4.69, 9.17) is 5.10 Å². The number of rotatable bonds is 3. The minimum atomic E-state index is -0.227. The first-order chi connectivity index (χ1) is 17.2. The van der Waals surface area contributed by atoms with Crippen molar-refractivity contribution in [2.75, 3.05) is 0 Å². The molecular formula is C27H28FN7O. The van der Waals surface area contributed by atoms with Crippen LogP contribution >= 0.6 is 0 Å². The Kier molecular flexibility index (Phi) is 5.01. The van der Waals surface area contributed by atoms with Crippen molar-refractivity contribution < 1.29 is 4.39 Å². The highest BCUT2D eigenvalue weighted by Gasteiger charge is 2.31. The largest absolute Gasteiger partial charge is 0.338 e. The fraction of sp³-hybridized carbons (Fsp3) is 0.296. The molecule has 36 heavy (non-hydrogen) atoms. The van der Waals surface area contributed by atoms with E-state index in [1.807, 2.05) is 25.2 Å². The van der Waals surface area contributed by atoms with Gasteiger partial charge in [0.05, 0.1) is 28.8 Å². The molecule has 0 saturated heterocycles. The van der Waals surface area contributed by atoms with Crippen molar-refractivity contribution in [2.24, 2.45) is 7.05 Å². The lowest BCUT2D eigenvalue weighted by Crippen LogP contribution is -2.36. The Morgan fingerprint density at radius 1 is 1.03 bits per heavy atom. The molecule has 2 aromatic carbocycles. The Labute approximate surface area is 207 Å². The number of aryl methyl sites for hydroxylation is 3. The zero-order valence-electron chi connectivity index (χ0n) is 21.0. The molecule has 0 saturated carbocycles. The highest BCUT2D eigenvalue weighted by molar-refractivity contribution is 5.80. The van der Waals surface area contributed by atoms with Gasteiger partial charge in [-0.15, -0.1) is 0 Å². The van der Waals surface area contributed by atoms with Crippen molar-refractivity contribution >= 4 is 10.9 Å². The number of fused-ring (bicyclic) bond motifs is 2.